The summed E-state index contributed by atoms with van der Waals surface area (Å²) in [5.41, 5.74) is 0.473. The van der Waals surface area contributed by atoms with Crippen molar-refractivity contribution in [1.82, 2.24) is 0 Å². The van der Waals surface area contributed by atoms with Gasteiger partial charge in [-0.15, -0.1) is 0 Å². The second-order valence-corrected chi connectivity index (χ2v) is 3.83. The minimum Gasteiger partial charge on any atom is -0.508 e. The van der Waals surface area contributed by atoms with E-state index in [1.54, 1.807) is 12.1 Å². The molecule has 0 spiro atoms. The van der Waals surface area contributed by atoms with Crippen LogP contribution in [0.25, 0.3) is 0 Å². The summed E-state index contributed by atoms with van der Waals surface area (Å²) >= 11 is 0. The minimum atomic E-state index is -0.934. The van der Waals surface area contributed by atoms with E-state index in [1.165, 1.54) is 12.1 Å². The zero-order chi connectivity index (χ0) is 11.7. The average molecular weight is 221 g/mol. The first-order chi connectivity index (χ1) is 7.58. The van der Waals surface area contributed by atoms with Crippen LogP contribution in [-0.4, -0.2) is 22.1 Å². The highest BCUT2D eigenvalue weighted by molar-refractivity contribution is 5.98. The third-order valence-corrected chi connectivity index (χ3v) is 2.56. The number of rotatable bonds is 3. The molecule has 1 unspecified atom stereocenters. The van der Waals surface area contributed by atoms with E-state index in [2.05, 4.69) is 5.32 Å². The highest BCUT2D eigenvalue weighted by Gasteiger charge is 2.48. The Morgan fingerprint density at radius 1 is 1.31 bits per heavy atom. The molecule has 0 aromatic heterocycles. The number of aromatic hydroxyl groups is 1. The van der Waals surface area contributed by atoms with Gasteiger partial charge in [0.1, 0.15) is 5.75 Å². The van der Waals surface area contributed by atoms with Crippen LogP contribution in [0.4, 0.5) is 5.69 Å². The molecule has 1 aromatic rings. The maximum atomic E-state index is 11.5. The lowest BCUT2D eigenvalue weighted by Gasteiger charge is -2.04. The van der Waals surface area contributed by atoms with Gasteiger partial charge in [-0.05, 0) is 18.6 Å². The van der Waals surface area contributed by atoms with Gasteiger partial charge in [0.15, 0.2) is 0 Å². The second kappa shape index (κ2) is 3.84. The topological polar surface area (TPSA) is 86.6 Å². The zero-order valence-corrected chi connectivity index (χ0v) is 8.38. The molecular weight excluding hydrogens is 210 g/mol. The van der Waals surface area contributed by atoms with Crippen molar-refractivity contribution in [3.8, 4) is 5.75 Å². The highest BCUT2D eigenvalue weighted by Crippen LogP contribution is 2.39. The van der Waals surface area contributed by atoms with Gasteiger partial charge in [-0.25, -0.2) is 0 Å². The van der Waals surface area contributed by atoms with Crippen molar-refractivity contribution in [3.05, 3.63) is 24.3 Å². The normalized spacial score (nSPS) is 22.5. The van der Waals surface area contributed by atoms with Crippen molar-refractivity contribution in [1.29, 1.82) is 0 Å². The molecule has 1 amide bonds. The van der Waals surface area contributed by atoms with E-state index < -0.39 is 17.8 Å². The van der Waals surface area contributed by atoms with Gasteiger partial charge in [-0.2, -0.15) is 0 Å². The van der Waals surface area contributed by atoms with Crippen molar-refractivity contribution >= 4 is 17.6 Å². The Balaban J connectivity index is 1.96. The second-order valence-electron chi connectivity index (χ2n) is 3.83. The van der Waals surface area contributed by atoms with Crippen LogP contribution in [0.15, 0.2) is 24.3 Å². The lowest BCUT2D eigenvalue weighted by atomic mass is 10.2. The van der Waals surface area contributed by atoms with E-state index in [0.29, 0.717) is 12.1 Å². The van der Waals surface area contributed by atoms with Crippen molar-refractivity contribution < 1.29 is 19.8 Å². The first-order valence-electron chi connectivity index (χ1n) is 4.90. The number of carboxylic acid groups (broad SMARTS) is 1. The summed E-state index contributed by atoms with van der Waals surface area (Å²) in [6, 6.07) is 6.14. The van der Waals surface area contributed by atoms with Crippen molar-refractivity contribution in [2.24, 2.45) is 11.8 Å². The van der Waals surface area contributed by atoms with Gasteiger partial charge in [-0.1, -0.05) is 6.07 Å². The van der Waals surface area contributed by atoms with E-state index in [9.17, 15) is 14.7 Å². The van der Waals surface area contributed by atoms with Gasteiger partial charge >= 0.3 is 5.97 Å². The number of carboxylic acids is 1. The molecule has 0 radical (unpaired) electrons. The Kier molecular flexibility index (Phi) is 2.52. The van der Waals surface area contributed by atoms with Crippen LogP contribution in [-0.2, 0) is 9.59 Å². The molecule has 1 aromatic carbocycles. The van der Waals surface area contributed by atoms with Crippen molar-refractivity contribution in [3.63, 3.8) is 0 Å². The van der Waals surface area contributed by atoms with Gasteiger partial charge in [0, 0.05) is 11.8 Å². The fourth-order valence-corrected chi connectivity index (χ4v) is 1.58. The standard InChI is InChI=1S/C11H11NO4/c13-7-3-1-2-6(4-7)12-10(14)8-5-9(8)11(15)16/h1-4,8-9,13H,5H2,(H,12,14)(H,15,16)/t8?,9-/m0/s1. The molecule has 84 valence electrons. The van der Waals surface area contributed by atoms with E-state index in [1.807, 2.05) is 0 Å². The van der Waals surface area contributed by atoms with E-state index >= 15 is 0 Å². The smallest absolute Gasteiger partial charge is 0.307 e. The molecule has 0 aliphatic heterocycles. The summed E-state index contributed by atoms with van der Waals surface area (Å²) in [6.45, 7) is 0. The van der Waals surface area contributed by atoms with E-state index in [0.717, 1.165) is 0 Å². The fraction of sp³-hybridized carbons (Fsp3) is 0.273. The molecule has 1 aliphatic rings. The predicted octanol–water partition coefficient (Wildman–Crippen LogP) is 1.05. The minimum absolute atomic E-state index is 0.0587. The molecule has 0 saturated heterocycles. The molecule has 2 atom stereocenters. The maximum absolute atomic E-state index is 11.5. The number of anilines is 1. The molecule has 3 N–H and O–H groups in total. The molecule has 0 heterocycles. The Labute approximate surface area is 91.7 Å². The number of carbonyl (C=O) groups is 2. The maximum Gasteiger partial charge on any atom is 0.307 e. The van der Waals surface area contributed by atoms with Crippen LogP contribution >= 0.6 is 0 Å². The summed E-state index contributed by atoms with van der Waals surface area (Å²) < 4.78 is 0. The van der Waals surface area contributed by atoms with E-state index in [4.69, 9.17) is 5.11 Å². The number of nitrogens with one attached hydrogen (secondary N) is 1. The van der Waals surface area contributed by atoms with Gasteiger partial charge < -0.3 is 15.5 Å². The molecule has 1 aliphatic carbocycles. The molecule has 5 heteroatoms. The number of aliphatic carboxylic acids is 1. The molecule has 1 saturated carbocycles. The van der Waals surface area contributed by atoms with Crippen LogP contribution in [0.1, 0.15) is 6.42 Å². The number of hydrogen-bond acceptors (Lipinski definition) is 3. The Bertz CT molecular complexity index is 443. The number of amides is 1. The van der Waals surface area contributed by atoms with Crippen LogP contribution in [0.2, 0.25) is 0 Å². The Hall–Kier alpha value is -2.04. The first kappa shape index (κ1) is 10.5. The van der Waals surface area contributed by atoms with Gasteiger partial charge in [0.2, 0.25) is 5.91 Å². The van der Waals surface area contributed by atoms with Crippen molar-refractivity contribution in [2.45, 2.75) is 6.42 Å². The molecule has 5 nitrogen and oxygen atoms in total. The lowest BCUT2D eigenvalue weighted by Crippen LogP contribution is -2.16. The summed E-state index contributed by atoms with van der Waals surface area (Å²) in [5.74, 6) is -2.19. The SMILES string of the molecule is O=C(Nc1cccc(O)c1)C1C[C@@H]1C(=O)O. The van der Waals surface area contributed by atoms with Gasteiger partial charge in [0.05, 0.1) is 11.8 Å². The Morgan fingerprint density at radius 2 is 2.06 bits per heavy atom. The van der Waals surface area contributed by atoms with Crippen LogP contribution in [0.3, 0.4) is 0 Å². The Morgan fingerprint density at radius 3 is 2.62 bits per heavy atom. The third-order valence-electron chi connectivity index (χ3n) is 2.56. The molecular formula is C11H11NO4. The predicted molar refractivity (Wildman–Crippen MR) is 56.0 cm³/mol. The molecule has 1 fully saturated rings. The number of phenols is 1. The lowest BCUT2D eigenvalue weighted by molar-refractivity contribution is -0.139. The number of carbonyl (C=O) groups excluding carboxylic acids is 1. The summed E-state index contributed by atoms with van der Waals surface area (Å²) in [5, 5.41) is 20.4. The van der Waals surface area contributed by atoms with Gasteiger partial charge in [0.25, 0.3) is 0 Å². The van der Waals surface area contributed by atoms with Gasteiger partial charge in [-0.3, -0.25) is 9.59 Å². The van der Waals surface area contributed by atoms with Crippen LogP contribution in [0.5, 0.6) is 5.75 Å². The summed E-state index contributed by atoms with van der Waals surface area (Å²) in [6.07, 6.45) is 0.389. The zero-order valence-electron chi connectivity index (χ0n) is 8.38. The average Bonchev–Trinajstić information content (AvgIpc) is 2.96. The molecule has 2 rings (SSSR count). The molecule has 0 bridgehead atoms. The number of hydrogen-bond donors (Lipinski definition) is 3. The molecule has 16 heavy (non-hydrogen) atoms. The first-order valence-corrected chi connectivity index (χ1v) is 4.90. The number of phenolic OH excluding ortho intramolecular Hbond substituents is 1. The summed E-state index contributed by atoms with van der Waals surface area (Å²) in [4.78, 5) is 22.1. The van der Waals surface area contributed by atoms with Crippen LogP contribution < -0.4 is 5.32 Å². The highest BCUT2D eigenvalue weighted by atomic mass is 16.4. The van der Waals surface area contributed by atoms with Crippen molar-refractivity contribution in [2.75, 3.05) is 5.32 Å². The fourth-order valence-electron chi connectivity index (χ4n) is 1.58. The largest absolute Gasteiger partial charge is 0.508 e. The quantitative estimate of drug-likeness (QED) is 0.712. The third kappa shape index (κ3) is 2.13. The summed E-state index contributed by atoms with van der Waals surface area (Å²) in [7, 11) is 0. The van der Waals surface area contributed by atoms with Crippen LogP contribution in [0, 0.1) is 11.8 Å². The number of benzene rings is 1. The monoisotopic (exact) mass is 221 g/mol. The van der Waals surface area contributed by atoms with E-state index in [-0.39, 0.29) is 11.7 Å².